The van der Waals surface area contributed by atoms with Crippen LogP contribution in [0.1, 0.15) is 34.9 Å². The SMILES string of the molecule is Nc1c(C(=O)Nc2ccc(F)cc2)n[nH]c1C1CC1. The highest BCUT2D eigenvalue weighted by Gasteiger charge is 2.30. The van der Waals surface area contributed by atoms with Crippen molar-refractivity contribution in [1.29, 1.82) is 0 Å². The van der Waals surface area contributed by atoms with E-state index in [4.69, 9.17) is 5.73 Å². The van der Waals surface area contributed by atoms with Crippen LogP contribution in [0.15, 0.2) is 24.3 Å². The molecule has 3 rings (SSSR count). The van der Waals surface area contributed by atoms with Crippen molar-refractivity contribution in [2.75, 3.05) is 11.1 Å². The number of rotatable bonds is 3. The molecule has 1 heterocycles. The van der Waals surface area contributed by atoms with E-state index in [9.17, 15) is 9.18 Å². The van der Waals surface area contributed by atoms with Gasteiger partial charge in [-0.3, -0.25) is 9.89 Å². The Hall–Kier alpha value is -2.37. The monoisotopic (exact) mass is 260 g/mol. The summed E-state index contributed by atoms with van der Waals surface area (Å²) in [4.78, 5) is 12.0. The minimum Gasteiger partial charge on any atom is -0.395 e. The molecular weight excluding hydrogens is 247 g/mol. The molecule has 1 aliphatic carbocycles. The first kappa shape index (κ1) is 11.7. The molecule has 1 fully saturated rings. The number of nitrogens with two attached hydrogens (primary N) is 1. The minimum atomic E-state index is -0.396. The largest absolute Gasteiger partial charge is 0.395 e. The predicted molar refractivity (Wildman–Crippen MR) is 69.3 cm³/mol. The van der Waals surface area contributed by atoms with Crippen LogP contribution in [0.5, 0.6) is 0 Å². The maximum absolute atomic E-state index is 12.8. The van der Waals surface area contributed by atoms with Crippen LogP contribution in [0, 0.1) is 5.82 Å². The van der Waals surface area contributed by atoms with E-state index in [0.717, 1.165) is 18.5 Å². The van der Waals surface area contributed by atoms with Crippen LogP contribution in [0.3, 0.4) is 0 Å². The Morgan fingerprint density at radius 1 is 1.37 bits per heavy atom. The van der Waals surface area contributed by atoms with Crippen LogP contribution >= 0.6 is 0 Å². The van der Waals surface area contributed by atoms with Crippen molar-refractivity contribution < 1.29 is 9.18 Å². The molecule has 2 aromatic rings. The molecule has 1 aromatic carbocycles. The molecule has 0 aliphatic heterocycles. The lowest BCUT2D eigenvalue weighted by atomic mass is 10.2. The second-order valence-electron chi connectivity index (χ2n) is 4.63. The fourth-order valence-electron chi connectivity index (χ4n) is 1.94. The van der Waals surface area contributed by atoms with E-state index in [1.165, 1.54) is 24.3 Å². The van der Waals surface area contributed by atoms with Gasteiger partial charge in [-0.1, -0.05) is 0 Å². The highest BCUT2D eigenvalue weighted by molar-refractivity contribution is 6.06. The topological polar surface area (TPSA) is 83.8 Å². The van der Waals surface area contributed by atoms with Gasteiger partial charge in [-0.05, 0) is 37.1 Å². The molecule has 6 heteroatoms. The fraction of sp³-hybridized carbons (Fsp3) is 0.231. The normalized spacial score (nSPS) is 14.4. The van der Waals surface area contributed by atoms with Gasteiger partial charge in [0.15, 0.2) is 5.69 Å². The van der Waals surface area contributed by atoms with E-state index in [2.05, 4.69) is 15.5 Å². The van der Waals surface area contributed by atoms with Gasteiger partial charge in [0.05, 0.1) is 11.4 Å². The first-order valence-corrected chi connectivity index (χ1v) is 6.06. The maximum Gasteiger partial charge on any atom is 0.278 e. The van der Waals surface area contributed by atoms with Crippen molar-refractivity contribution in [1.82, 2.24) is 10.2 Å². The van der Waals surface area contributed by atoms with E-state index in [-0.39, 0.29) is 11.5 Å². The molecule has 1 amide bonds. The third kappa shape index (κ3) is 2.29. The molecule has 1 saturated carbocycles. The highest BCUT2D eigenvalue weighted by atomic mass is 19.1. The number of H-pyrrole nitrogens is 1. The number of benzene rings is 1. The van der Waals surface area contributed by atoms with E-state index in [0.29, 0.717) is 17.3 Å². The molecular formula is C13H13FN4O. The zero-order valence-corrected chi connectivity index (χ0v) is 10.1. The molecule has 0 radical (unpaired) electrons. The summed E-state index contributed by atoms with van der Waals surface area (Å²) in [7, 11) is 0. The number of carbonyl (C=O) groups is 1. The van der Waals surface area contributed by atoms with Crippen LogP contribution in [-0.2, 0) is 0 Å². The minimum absolute atomic E-state index is 0.186. The van der Waals surface area contributed by atoms with Crippen molar-refractivity contribution in [2.45, 2.75) is 18.8 Å². The van der Waals surface area contributed by atoms with Crippen LogP contribution in [0.25, 0.3) is 0 Å². The van der Waals surface area contributed by atoms with Crippen molar-refractivity contribution in [3.63, 3.8) is 0 Å². The lowest BCUT2D eigenvalue weighted by Gasteiger charge is -2.03. The number of carbonyl (C=O) groups excluding carboxylic acids is 1. The average Bonchev–Trinajstić information content (AvgIpc) is 3.15. The number of halogens is 1. The van der Waals surface area contributed by atoms with Gasteiger partial charge in [0.1, 0.15) is 5.82 Å². The number of aromatic amines is 1. The quantitative estimate of drug-likeness (QED) is 0.791. The molecule has 19 heavy (non-hydrogen) atoms. The van der Waals surface area contributed by atoms with Crippen LogP contribution in [0.2, 0.25) is 0 Å². The van der Waals surface area contributed by atoms with Gasteiger partial charge in [-0.15, -0.1) is 0 Å². The second-order valence-corrected chi connectivity index (χ2v) is 4.63. The lowest BCUT2D eigenvalue weighted by molar-refractivity contribution is 0.102. The van der Waals surface area contributed by atoms with Crippen molar-refractivity contribution in [3.8, 4) is 0 Å². The molecule has 1 aliphatic rings. The van der Waals surface area contributed by atoms with Gasteiger partial charge >= 0.3 is 0 Å². The van der Waals surface area contributed by atoms with E-state index < -0.39 is 5.91 Å². The number of aromatic nitrogens is 2. The molecule has 98 valence electrons. The summed E-state index contributed by atoms with van der Waals surface area (Å²) >= 11 is 0. The fourth-order valence-corrected chi connectivity index (χ4v) is 1.94. The summed E-state index contributed by atoms with van der Waals surface area (Å²) in [6.45, 7) is 0. The Bertz CT molecular complexity index is 616. The molecule has 0 bridgehead atoms. The van der Waals surface area contributed by atoms with Crippen LogP contribution < -0.4 is 11.1 Å². The second kappa shape index (κ2) is 4.38. The first-order chi connectivity index (χ1) is 9.15. The maximum atomic E-state index is 12.8. The Balaban J connectivity index is 1.78. The summed E-state index contributed by atoms with van der Waals surface area (Å²) < 4.78 is 12.8. The highest BCUT2D eigenvalue weighted by Crippen LogP contribution is 2.42. The summed E-state index contributed by atoms with van der Waals surface area (Å²) in [5.74, 6) is -0.347. The van der Waals surface area contributed by atoms with E-state index in [1.54, 1.807) is 0 Å². The number of anilines is 2. The third-order valence-electron chi connectivity index (χ3n) is 3.14. The van der Waals surface area contributed by atoms with Gasteiger partial charge in [0.25, 0.3) is 5.91 Å². The van der Waals surface area contributed by atoms with Gasteiger partial charge in [0, 0.05) is 11.6 Å². The number of hydrogen-bond donors (Lipinski definition) is 3. The van der Waals surface area contributed by atoms with Gasteiger partial charge in [-0.2, -0.15) is 5.10 Å². The standard InChI is InChI=1S/C13H13FN4O/c14-8-3-5-9(6-4-8)16-13(19)12-10(15)11(17-18-12)7-1-2-7/h3-7H,1-2,15H2,(H,16,19)(H,17,18). The van der Waals surface area contributed by atoms with Gasteiger partial charge in [0.2, 0.25) is 0 Å². The van der Waals surface area contributed by atoms with Gasteiger partial charge < -0.3 is 11.1 Å². The number of nitrogens with zero attached hydrogens (tertiary/aromatic N) is 1. The lowest BCUT2D eigenvalue weighted by Crippen LogP contribution is -2.14. The Kier molecular flexibility index (Phi) is 2.70. The molecule has 0 atom stereocenters. The average molecular weight is 260 g/mol. The Morgan fingerprint density at radius 3 is 2.68 bits per heavy atom. The summed E-state index contributed by atoms with van der Waals surface area (Å²) in [5, 5.41) is 9.40. The van der Waals surface area contributed by atoms with Crippen LogP contribution in [-0.4, -0.2) is 16.1 Å². The van der Waals surface area contributed by atoms with Crippen LogP contribution in [0.4, 0.5) is 15.8 Å². The van der Waals surface area contributed by atoms with E-state index in [1.807, 2.05) is 0 Å². The van der Waals surface area contributed by atoms with Gasteiger partial charge in [-0.25, -0.2) is 4.39 Å². The zero-order valence-electron chi connectivity index (χ0n) is 10.1. The molecule has 4 N–H and O–H groups in total. The van der Waals surface area contributed by atoms with Crippen molar-refractivity contribution in [3.05, 3.63) is 41.5 Å². The third-order valence-corrected chi connectivity index (χ3v) is 3.14. The molecule has 5 nitrogen and oxygen atoms in total. The summed E-state index contributed by atoms with van der Waals surface area (Å²) in [6.07, 6.45) is 2.15. The molecule has 0 saturated heterocycles. The first-order valence-electron chi connectivity index (χ1n) is 6.06. The summed E-state index contributed by atoms with van der Waals surface area (Å²) in [6, 6.07) is 5.52. The predicted octanol–water partition coefficient (Wildman–Crippen LogP) is 2.26. The van der Waals surface area contributed by atoms with Crippen molar-refractivity contribution >= 4 is 17.3 Å². The Labute approximate surface area is 109 Å². The Morgan fingerprint density at radius 2 is 2.05 bits per heavy atom. The number of hydrogen-bond acceptors (Lipinski definition) is 3. The smallest absolute Gasteiger partial charge is 0.278 e. The van der Waals surface area contributed by atoms with E-state index >= 15 is 0 Å². The summed E-state index contributed by atoms with van der Waals surface area (Å²) in [5.41, 5.74) is 7.84. The van der Waals surface area contributed by atoms with Crippen molar-refractivity contribution in [2.24, 2.45) is 0 Å². The number of nitrogen functional groups attached to an aromatic ring is 1. The molecule has 0 unspecified atom stereocenters. The zero-order chi connectivity index (χ0) is 13.4. The number of nitrogens with one attached hydrogen (secondary N) is 2. The molecule has 0 spiro atoms. The number of amides is 1. The molecule has 1 aromatic heterocycles.